The summed E-state index contributed by atoms with van der Waals surface area (Å²) in [5.41, 5.74) is 5.37. The van der Waals surface area contributed by atoms with Crippen LogP contribution in [0.15, 0.2) is 5.10 Å². The molecule has 0 aromatic carbocycles. The summed E-state index contributed by atoms with van der Waals surface area (Å²) in [6, 6.07) is 0. The SMILES string of the molecule is CC(=O)N1N=C(N)SC1C. The first-order valence-electron chi connectivity index (χ1n) is 2.92. The van der Waals surface area contributed by atoms with Gasteiger partial charge in [-0.2, -0.15) is 0 Å². The van der Waals surface area contributed by atoms with Gasteiger partial charge in [-0.1, -0.05) is 11.8 Å². The minimum atomic E-state index is -0.0690. The molecule has 10 heavy (non-hydrogen) atoms. The molecule has 1 atom stereocenters. The van der Waals surface area contributed by atoms with Crippen molar-refractivity contribution >= 4 is 22.8 Å². The van der Waals surface area contributed by atoms with Crippen molar-refractivity contribution in [2.75, 3.05) is 0 Å². The molecule has 0 aromatic heterocycles. The van der Waals surface area contributed by atoms with Gasteiger partial charge in [-0.15, -0.1) is 5.10 Å². The van der Waals surface area contributed by atoms with Crippen LogP contribution in [-0.4, -0.2) is 21.5 Å². The summed E-state index contributed by atoms with van der Waals surface area (Å²) in [7, 11) is 0. The van der Waals surface area contributed by atoms with Gasteiger partial charge in [0.25, 0.3) is 0 Å². The lowest BCUT2D eigenvalue weighted by atomic mass is 10.6. The highest BCUT2D eigenvalue weighted by atomic mass is 32.2. The number of nitrogens with two attached hydrogens (primary N) is 1. The third-order valence-electron chi connectivity index (χ3n) is 1.16. The van der Waals surface area contributed by atoms with Crippen molar-refractivity contribution in [2.45, 2.75) is 19.2 Å². The maximum atomic E-state index is 10.8. The van der Waals surface area contributed by atoms with Gasteiger partial charge in [-0.25, -0.2) is 5.01 Å². The van der Waals surface area contributed by atoms with E-state index in [2.05, 4.69) is 5.10 Å². The van der Waals surface area contributed by atoms with E-state index in [1.54, 1.807) is 0 Å². The lowest BCUT2D eigenvalue weighted by molar-refractivity contribution is -0.129. The molecular formula is C5H9N3OS. The van der Waals surface area contributed by atoms with Crippen LogP contribution in [-0.2, 0) is 4.79 Å². The highest BCUT2D eigenvalue weighted by Gasteiger charge is 2.24. The second kappa shape index (κ2) is 2.49. The van der Waals surface area contributed by atoms with Crippen LogP contribution in [0.4, 0.5) is 0 Å². The summed E-state index contributed by atoms with van der Waals surface area (Å²) in [5.74, 6) is -0.0690. The molecule has 0 spiro atoms. The van der Waals surface area contributed by atoms with Crippen LogP contribution in [0.25, 0.3) is 0 Å². The first-order chi connectivity index (χ1) is 4.61. The number of hydrazone groups is 1. The molecule has 1 aliphatic heterocycles. The molecule has 0 bridgehead atoms. The summed E-state index contributed by atoms with van der Waals surface area (Å²) in [6.45, 7) is 3.36. The van der Waals surface area contributed by atoms with E-state index in [9.17, 15) is 4.79 Å². The Bertz CT molecular complexity index is 191. The van der Waals surface area contributed by atoms with Gasteiger partial charge < -0.3 is 5.73 Å². The fraction of sp³-hybridized carbons (Fsp3) is 0.600. The number of amides is 1. The largest absolute Gasteiger partial charge is 0.377 e. The number of rotatable bonds is 0. The Morgan fingerprint density at radius 2 is 2.50 bits per heavy atom. The molecule has 0 aromatic rings. The van der Waals surface area contributed by atoms with Crippen molar-refractivity contribution in [3.63, 3.8) is 0 Å². The lowest BCUT2D eigenvalue weighted by Gasteiger charge is -2.12. The molecule has 0 saturated carbocycles. The number of thioether (sulfide) groups is 1. The predicted molar refractivity (Wildman–Crippen MR) is 41.2 cm³/mol. The second-order valence-electron chi connectivity index (χ2n) is 2.02. The Kier molecular flexibility index (Phi) is 1.85. The number of nitrogens with zero attached hydrogens (tertiary/aromatic N) is 2. The Labute approximate surface area is 63.4 Å². The average molecular weight is 159 g/mol. The second-order valence-corrected chi connectivity index (χ2v) is 3.36. The Morgan fingerprint density at radius 1 is 1.90 bits per heavy atom. The molecule has 0 saturated heterocycles. The zero-order valence-corrected chi connectivity index (χ0v) is 6.68. The molecule has 1 heterocycles. The van der Waals surface area contributed by atoms with E-state index < -0.39 is 0 Å². The van der Waals surface area contributed by atoms with Crippen LogP contribution in [0.1, 0.15) is 13.8 Å². The van der Waals surface area contributed by atoms with Gasteiger partial charge in [0.15, 0.2) is 5.17 Å². The van der Waals surface area contributed by atoms with Crippen LogP contribution in [0.3, 0.4) is 0 Å². The Balaban J connectivity index is 2.69. The fourth-order valence-corrected chi connectivity index (χ4v) is 1.54. The lowest BCUT2D eigenvalue weighted by Crippen LogP contribution is -2.26. The van der Waals surface area contributed by atoms with Crippen LogP contribution in [0.2, 0.25) is 0 Å². The number of carbonyl (C=O) groups excluding carboxylic acids is 1. The summed E-state index contributed by atoms with van der Waals surface area (Å²) < 4.78 is 0. The van der Waals surface area contributed by atoms with Gasteiger partial charge in [0.1, 0.15) is 5.37 Å². The van der Waals surface area contributed by atoms with Gasteiger partial charge in [0, 0.05) is 6.92 Å². The van der Waals surface area contributed by atoms with Crippen molar-refractivity contribution in [1.82, 2.24) is 5.01 Å². The molecule has 56 valence electrons. The highest BCUT2D eigenvalue weighted by Crippen LogP contribution is 2.22. The van der Waals surface area contributed by atoms with Crippen LogP contribution >= 0.6 is 11.8 Å². The maximum Gasteiger partial charge on any atom is 0.240 e. The summed E-state index contributed by atoms with van der Waals surface area (Å²) in [5, 5.41) is 5.70. The van der Waals surface area contributed by atoms with Gasteiger partial charge >= 0.3 is 0 Å². The summed E-state index contributed by atoms with van der Waals surface area (Å²) >= 11 is 1.39. The molecule has 1 unspecified atom stereocenters. The van der Waals surface area contributed by atoms with E-state index in [1.807, 2.05) is 6.92 Å². The van der Waals surface area contributed by atoms with Gasteiger partial charge in [-0.05, 0) is 6.92 Å². The minimum absolute atomic E-state index is 0.0532. The van der Waals surface area contributed by atoms with Crippen molar-refractivity contribution < 1.29 is 4.79 Å². The van der Waals surface area contributed by atoms with E-state index in [0.29, 0.717) is 5.17 Å². The number of hydrogen-bond acceptors (Lipinski definition) is 4. The molecule has 5 heteroatoms. The molecule has 0 radical (unpaired) electrons. The van der Waals surface area contributed by atoms with Crippen LogP contribution in [0, 0.1) is 0 Å². The smallest absolute Gasteiger partial charge is 0.240 e. The standard InChI is InChI=1S/C5H9N3OS/c1-3(9)8-4(2)10-5(6)7-8/h4H,1-2H3,(H2,6,7). The number of amidine groups is 1. The number of carbonyl (C=O) groups is 1. The average Bonchev–Trinajstić information content (AvgIpc) is 2.10. The molecule has 1 amide bonds. The van der Waals surface area contributed by atoms with E-state index in [4.69, 9.17) is 5.73 Å². The quantitative estimate of drug-likeness (QED) is 0.547. The van der Waals surface area contributed by atoms with Crippen LogP contribution < -0.4 is 5.73 Å². The topological polar surface area (TPSA) is 58.7 Å². The molecule has 0 aliphatic carbocycles. The summed E-state index contributed by atoms with van der Waals surface area (Å²) in [4.78, 5) is 10.8. The summed E-state index contributed by atoms with van der Waals surface area (Å²) in [6.07, 6.45) is 0. The van der Waals surface area contributed by atoms with Crippen molar-refractivity contribution in [2.24, 2.45) is 10.8 Å². The van der Waals surface area contributed by atoms with Crippen molar-refractivity contribution in [3.05, 3.63) is 0 Å². The molecular weight excluding hydrogens is 150 g/mol. The molecule has 1 rings (SSSR count). The van der Waals surface area contributed by atoms with E-state index in [1.165, 1.54) is 23.7 Å². The van der Waals surface area contributed by atoms with E-state index in [0.717, 1.165) is 0 Å². The van der Waals surface area contributed by atoms with Gasteiger partial charge in [0.2, 0.25) is 5.91 Å². The third kappa shape index (κ3) is 1.23. The molecule has 2 N–H and O–H groups in total. The highest BCUT2D eigenvalue weighted by molar-refractivity contribution is 8.14. The van der Waals surface area contributed by atoms with Crippen molar-refractivity contribution in [1.29, 1.82) is 0 Å². The van der Waals surface area contributed by atoms with E-state index >= 15 is 0 Å². The fourth-order valence-electron chi connectivity index (χ4n) is 0.762. The minimum Gasteiger partial charge on any atom is -0.377 e. The first-order valence-corrected chi connectivity index (χ1v) is 3.80. The predicted octanol–water partition coefficient (Wildman–Crippen LogP) is 0.157. The Morgan fingerprint density at radius 3 is 2.70 bits per heavy atom. The third-order valence-corrected chi connectivity index (χ3v) is 2.03. The maximum absolute atomic E-state index is 10.8. The molecule has 4 nitrogen and oxygen atoms in total. The zero-order valence-electron chi connectivity index (χ0n) is 5.87. The van der Waals surface area contributed by atoms with Crippen molar-refractivity contribution in [3.8, 4) is 0 Å². The van der Waals surface area contributed by atoms with Gasteiger partial charge in [0.05, 0.1) is 0 Å². The first kappa shape index (κ1) is 7.40. The van der Waals surface area contributed by atoms with Crippen LogP contribution in [0.5, 0.6) is 0 Å². The molecule has 0 fully saturated rings. The Hall–Kier alpha value is -0.710. The monoisotopic (exact) mass is 159 g/mol. The molecule has 1 aliphatic rings. The van der Waals surface area contributed by atoms with Gasteiger partial charge in [-0.3, -0.25) is 4.79 Å². The zero-order chi connectivity index (χ0) is 7.72. The van der Waals surface area contributed by atoms with E-state index in [-0.39, 0.29) is 11.3 Å². The number of hydrogen-bond donors (Lipinski definition) is 1. The normalized spacial score (nSPS) is 24.8.